The third-order valence-corrected chi connectivity index (χ3v) is 3.69. The van der Waals surface area contributed by atoms with Crippen molar-refractivity contribution in [1.82, 2.24) is 9.88 Å². The second kappa shape index (κ2) is 6.56. The molecule has 0 saturated carbocycles. The Labute approximate surface area is 124 Å². The van der Waals surface area contributed by atoms with Crippen LogP contribution in [0.3, 0.4) is 0 Å². The number of hydrogen-bond acceptors (Lipinski definition) is 5. The summed E-state index contributed by atoms with van der Waals surface area (Å²) in [6.45, 7) is 5.13. The Morgan fingerprint density at radius 3 is 2.86 bits per heavy atom. The molecule has 2 heterocycles. The predicted octanol–water partition coefficient (Wildman–Crippen LogP) is 1.60. The molecular formula is C15H21N3O3. The Kier molecular flexibility index (Phi) is 4.77. The van der Waals surface area contributed by atoms with Gasteiger partial charge in [-0.15, -0.1) is 0 Å². The molecule has 2 rings (SSSR count). The number of carbonyl (C=O) groups is 2. The van der Waals surface area contributed by atoms with Gasteiger partial charge in [0.2, 0.25) is 5.91 Å². The van der Waals surface area contributed by atoms with Crippen LogP contribution in [0.4, 0.5) is 5.82 Å². The predicted molar refractivity (Wildman–Crippen MR) is 79.2 cm³/mol. The number of likely N-dealkylation sites (tertiary alicyclic amines) is 1. The van der Waals surface area contributed by atoms with Crippen molar-refractivity contribution in [3.05, 3.63) is 23.4 Å². The first-order valence-corrected chi connectivity index (χ1v) is 7.15. The van der Waals surface area contributed by atoms with Crippen LogP contribution in [0.2, 0.25) is 0 Å². The molecule has 1 aromatic rings. The van der Waals surface area contributed by atoms with Gasteiger partial charge in [0, 0.05) is 25.6 Å². The number of rotatable bonds is 4. The summed E-state index contributed by atoms with van der Waals surface area (Å²) in [4.78, 5) is 29.4. The second-order valence-electron chi connectivity index (χ2n) is 5.14. The van der Waals surface area contributed by atoms with E-state index in [-0.39, 0.29) is 17.9 Å². The molecule has 0 bridgehead atoms. The highest BCUT2D eigenvalue weighted by atomic mass is 16.5. The van der Waals surface area contributed by atoms with E-state index in [9.17, 15) is 9.59 Å². The van der Waals surface area contributed by atoms with E-state index in [2.05, 4.69) is 10.3 Å². The Morgan fingerprint density at radius 1 is 1.48 bits per heavy atom. The van der Waals surface area contributed by atoms with Crippen LogP contribution in [-0.2, 0) is 9.53 Å². The van der Waals surface area contributed by atoms with Crippen molar-refractivity contribution >= 4 is 17.7 Å². The summed E-state index contributed by atoms with van der Waals surface area (Å²) in [5.41, 5.74) is 1.10. The Morgan fingerprint density at radius 2 is 2.24 bits per heavy atom. The Balaban J connectivity index is 2.00. The molecule has 0 aliphatic carbocycles. The van der Waals surface area contributed by atoms with Gasteiger partial charge in [0.1, 0.15) is 5.82 Å². The van der Waals surface area contributed by atoms with Gasteiger partial charge in [-0.3, -0.25) is 4.79 Å². The van der Waals surface area contributed by atoms with E-state index >= 15 is 0 Å². The lowest BCUT2D eigenvalue weighted by molar-refractivity contribution is -0.129. The zero-order chi connectivity index (χ0) is 15.4. The molecule has 1 fully saturated rings. The first-order valence-electron chi connectivity index (χ1n) is 7.15. The zero-order valence-electron chi connectivity index (χ0n) is 12.7. The molecule has 0 radical (unpaired) electrons. The van der Waals surface area contributed by atoms with Gasteiger partial charge in [0.05, 0.1) is 18.4 Å². The summed E-state index contributed by atoms with van der Waals surface area (Å²) in [6.07, 6.45) is 1.45. The monoisotopic (exact) mass is 291 g/mol. The van der Waals surface area contributed by atoms with Gasteiger partial charge < -0.3 is 15.0 Å². The van der Waals surface area contributed by atoms with Crippen LogP contribution in [0.25, 0.3) is 0 Å². The summed E-state index contributed by atoms with van der Waals surface area (Å²) >= 11 is 0. The molecule has 1 amide bonds. The van der Waals surface area contributed by atoms with Gasteiger partial charge in [-0.1, -0.05) is 6.92 Å². The number of methoxy groups -OCH3 is 1. The topological polar surface area (TPSA) is 71.5 Å². The lowest BCUT2D eigenvalue weighted by atomic mass is 10.2. The second-order valence-corrected chi connectivity index (χ2v) is 5.14. The van der Waals surface area contributed by atoms with E-state index in [0.717, 1.165) is 18.8 Å². The molecule has 1 aliphatic heterocycles. The molecule has 0 aromatic carbocycles. The summed E-state index contributed by atoms with van der Waals surface area (Å²) in [7, 11) is 1.35. The van der Waals surface area contributed by atoms with Crippen LogP contribution >= 0.6 is 0 Å². The van der Waals surface area contributed by atoms with Crippen LogP contribution in [0.5, 0.6) is 0 Å². The Hall–Kier alpha value is -2.11. The van der Waals surface area contributed by atoms with E-state index in [1.165, 1.54) is 7.11 Å². The molecule has 1 saturated heterocycles. The van der Waals surface area contributed by atoms with Crippen molar-refractivity contribution < 1.29 is 14.3 Å². The van der Waals surface area contributed by atoms with Crippen molar-refractivity contribution in [3.8, 4) is 0 Å². The van der Waals surface area contributed by atoms with E-state index < -0.39 is 0 Å². The fourth-order valence-electron chi connectivity index (χ4n) is 2.50. The normalized spacial score (nSPS) is 17.7. The van der Waals surface area contributed by atoms with Crippen molar-refractivity contribution in [2.45, 2.75) is 32.7 Å². The first kappa shape index (κ1) is 15.3. The lowest BCUT2D eigenvalue weighted by Crippen LogP contribution is -2.31. The van der Waals surface area contributed by atoms with Gasteiger partial charge >= 0.3 is 5.97 Å². The maximum Gasteiger partial charge on any atom is 0.339 e. The highest BCUT2D eigenvalue weighted by Gasteiger charge is 2.25. The molecule has 0 spiro atoms. The molecule has 1 unspecified atom stereocenters. The van der Waals surface area contributed by atoms with Crippen LogP contribution < -0.4 is 5.32 Å². The van der Waals surface area contributed by atoms with Crippen LogP contribution in [0.15, 0.2) is 12.1 Å². The number of amides is 1. The number of aromatic nitrogens is 1. The van der Waals surface area contributed by atoms with Gasteiger partial charge in [-0.25, -0.2) is 9.78 Å². The van der Waals surface area contributed by atoms with E-state index in [1.54, 1.807) is 19.1 Å². The van der Waals surface area contributed by atoms with E-state index in [0.29, 0.717) is 24.2 Å². The number of ether oxygens (including phenoxy) is 1. The molecular weight excluding hydrogens is 270 g/mol. The SMILES string of the molecule is CCC(=O)N1CCC(Nc2ccc(C(=O)OC)c(C)n2)C1. The molecule has 1 aliphatic rings. The van der Waals surface area contributed by atoms with Crippen molar-refractivity contribution in [2.24, 2.45) is 0 Å². The molecule has 6 heteroatoms. The summed E-state index contributed by atoms with van der Waals surface area (Å²) in [5.74, 6) is 0.521. The highest BCUT2D eigenvalue weighted by Crippen LogP contribution is 2.17. The minimum Gasteiger partial charge on any atom is -0.465 e. The summed E-state index contributed by atoms with van der Waals surface area (Å²) in [6, 6.07) is 3.68. The standard InChI is InChI=1S/C15H21N3O3/c1-4-14(19)18-8-7-11(9-18)17-13-6-5-12(10(2)16-13)15(20)21-3/h5-6,11H,4,7-9H2,1-3H3,(H,16,17). The highest BCUT2D eigenvalue weighted by molar-refractivity contribution is 5.90. The molecule has 114 valence electrons. The van der Waals surface area contributed by atoms with Crippen molar-refractivity contribution in [2.75, 3.05) is 25.5 Å². The fraction of sp³-hybridized carbons (Fsp3) is 0.533. The zero-order valence-corrected chi connectivity index (χ0v) is 12.7. The van der Waals surface area contributed by atoms with Crippen LogP contribution in [0.1, 0.15) is 35.8 Å². The van der Waals surface area contributed by atoms with Gasteiger partial charge in [0.25, 0.3) is 0 Å². The minimum atomic E-state index is -0.382. The number of esters is 1. The average Bonchev–Trinajstić information content (AvgIpc) is 2.94. The number of aryl methyl sites for hydroxylation is 1. The summed E-state index contributed by atoms with van der Waals surface area (Å²) in [5, 5.41) is 3.32. The van der Waals surface area contributed by atoms with Crippen LogP contribution in [0, 0.1) is 6.92 Å². The average molecular weight is 291 g/mol. The molecule has 6 nitrogen and oxygen atoms in total. The molecule has 21 heavy (non-hydrogen) atoms. The number of nitrogens with zero attached hydrogens (tertiary/aromatic N) is 2. The number of anilines is 1. The fourth-order valence-corrected chi connectivity index (χ4v) is 2.50. The maximum atomic E-state index is 11.7. The minimum absolute atomic E-state index is 0.185. The molecule has 1 atom stereocenters. The molecule has 1 N–H and O–H groups in total. The van der Waals surface area contributed by atoms with Crippen molar-refractivity contribution in [1.29, 1.82) is 0 Å². The lowest BCUT2D eigenvalue weighted by Gasteiger charge is -2.17. The largest absolute Gasteiger partial charge is 0.465 e. The number of carbonyl (C=O) groups excluding carboxylic acids is 2. The number of pyridine rings is 1. The quantitative estimate of drug-likeness (QED) is 0.853. The van der Waals surface area contributed by atoms with Gasteiger partial charge in [-0.05, 0) is 25.5 Å². The van der Waals surface area contributed by atoms with Gasteiger partial charge in [0.15, 0.2) is 0 Å². The van der Waals surface area contributed by atoms with Crippen molar-refractivity contribution in [3.63, 3.8) is 0 Å². The number of hydrogen-bond donors (Lipinski definition) is 1. The first-order chi connectivity index (χ1) is 10.0. The third-order valence-electron chi connectivity index (χ3n) is 3.69. The van der Waals surface area contributed by atoms with E-state index in [1.807, 2.05) is 11.8 Å². The smallest absolute Gasteiger partial charge is 0.339 e. The maximum absolute atomic E-state index is 11.7. The number of nitrogens with one attached hydrogen (secondary N) is 1. The van der Waals surface area contributed by atoms with Gasteiger partial charge in [-0.2, -0.15) is 0 Å². The van der Waals surface area contributed by atoms with Crippen LogP contribution in [-0.4, -0.2) is 48.0 Å². The molecule has 1 aromatic heterocycles. The third kappa shape index (κ3) is 3.51. The summed E-state index contributed by atoms with van der Waals surface area (Å²) < 4.78 is 4.70. The Bertz CT molecular complexity index is 545. The van der Waals surface area contributed by atoms with E-state index in [4.69, 9.17) is 4.74 Å².